The molecule has 0 unspecified atom stereocenters. The van der Waals surface area contributed by atoms with Crippen LogP contribution in [0.15, 0.2) is 30.5 Å². The number of carbonyl (C=O) groups is 2. The van der Waals surface area contributed by atoms with Crippen LogP contribution in [0.3, 0.4) is 0 Å². The van der Waals surface area contributed by atoms with Gasteiger partial charge >= 0.3 is 12.1 Å². The van der Waals surface area contributed by atoms with Gasteiger partial charge in [-0.2, -0.15) is 0 Å². The summed E-state index contributed by atoms with van der Waals surface area (Å²) in [4.78, 5) is 35.7. The minimum atomic E-state index is -0.465. The first kappa shape index (κ1) is 26.7. The lowest BCUT2D eigenvalue weighted by Crippen LogP contribution is -2.50. The Kier molecular flexibility index (Phi) is 8.94. The molecule has 1 amide bonds. The molecule has 0 bridgehead atoms. The van der Waals surface area contributed by atoms with Gasteiger partial charge in [-0.25, -0.2) is 9.59 Å². The first-order valence-corrected chi connectivity index (χ1v) is 12.5. The van der Waals surface area contributed by atoms with Gasteiger partial charge in [-0.3, -0.25) is 9.88 Å². The molecular formula is C27H40N4O4. The Morgan fingerprint density at radius 1 is 1.11 bits per heavy atom. The van der Waals surface area contributed by atoms with Gasteiger partial charge in [-0.15, -0.1) is 0 Å². The number of esters is 1. The quantitative estimate of drug-likeness (QED) is 0.513. The Hall–Kier alpha value is -2.87. The zero-order chi connectivity index (χ0) is 25.6. The molecule has 0 spiro atoms. The predicted molar refractivity (Wildman–Crippen MR) is 139 cm³/mol. The third-order valence-corrected chi connectivity index (χ3v) is 5.93. The molecule has 0 atom stereocenters. The highest BCUT2D eigenvalue weighted by Gasteiger charge is 2.25. The third kappa shape index (κ3) is 7.82. The van der Waals surface area contributed by atoms with E-state index in [0.717, 1.165) is 49.2 Å². The number of carbonyl (C=O) groups excluding carboxylic acids is 2. The second kappa shape index (κ2) is 11.7. The Bertz CT molecular complexity index is 1010. The van der Waals surface area contributed by atoms with Crippen molar-refractivity contribution in [3.05, 3.63) is 36.0 Å². The SMILES string of the molecule is CC(C)COC(=O)c1ccnc2ccc(N(C)CCCN3CCN(C(=O)OC(C)(C)C)CC3)cc12. The number of pyridine rings is 1. The van der Waals surface area contributed by atoms with Gasteiger partial charge in [-0.1, -0.05) is 13.8 Å². The summed E-state index contributed by atoms with van der Waals surface area (Å²) in [7, 11) is 2.06. The number of hydrogen-bond acceptors (Lipinski definition) is 7. The summed E-state index contributed by atoms with van der Waals surface area (Å²) in [5.41, 5.74) is 1.91. The number of benzene rings is 1. The van der Waals surface area contributed by atoms with Crippen molar-refractivity contribution < 1.29 is 19.1 Å². The van der Waals surface area contributed by atoms with Gasteiger partial charge in [0.1, 0.15) is 5.60 Å². The van der Waals surface area contributed by atoms with Crippen molar-refractivity contribution in [3.63, 3.8) is 0 Å². The number of fused-ring (bicyclic) bond motifs is 1. The van der Waals surface area contributed by atoms with Crippen LogP contribution in [0.1, 0.15) is 51.4 Å². The second-order valence-corrected chi connectivity index (χ2v) is 10.6. The van der Waals surface area contributed by atoms with Crippen molar-refractivity contribution in [1.29, 1.82) is 0 Å². The Morgan fingerprint density at radius 3 is 2.49 bits per heavy atom. The lowest BCUT2D eigenvalue weighted by Gasteiger charge is -2.35. The molecule has 1 aromatic heterocycles. The van der Waals surface area contributed by atoms with Crippen LogP contribution < -0.4 is 4.90 Å². The van der Waals surface area contributed by atoms with Crippen LogP contribution in [0.4, 0.5) is 10.5 Å². The minimum Gasteiger partial charge on any atom is -0.462 e. The van der Waals surface area contributed by atoms with E-state index >= 15 is 0 Å². The number of hydrogen-bond donors (Lipinski definition) is 0. The van der Waals surface area contributed by atoms with E-state index in [4.69, 9.17) is 9.47 Å². The summed E-state index contributed by atoms with van der Waals surface area (Å²) in [5, 5.41) is 0.809. The lowest BCUT2D eigenvalue weighted by atomic mass is 10.1. The van der Waals surface area contributed by atoms with Gasteiger partial charge in [0.15, 0.2) is 0 Å². The van der Waals surface area contributed by atoms with Crippen LogP contribution in [-0.4, -0.2) is 85.4 Å². The van der Waals surface area contributed by atoms with Gasteiger partial charge < -0.3 is 19.3 Å². The molecule has 2 aromatic rings. The summed E-state index contributed by atoms with van der Waals surface area (Å²) in [6.45, 7) is 15.1. The molecule has 1 fully saturated rings. The van der Waals surface area contributed by atoms with E-state index in [1.54, 1.807) is 17.2 Å². The molecule has 3 rings (SSSR count). The molecule has 1 aliphatic rings. The fourth-order valence-corrected chi connectivity index (χ4v) is 4.01. The molecule has 8 nitrogen and oxygen atoms in total. The Morgan fingerprint density at radius 2 is 1.83 bits per heavy atom. The van der Waals surface area contributed by atoms with E-state index in [0.29, 0.717) is 25.3 Å². The van der Waals surface area contributed by atoms with E-state index < -0.39 is 5.60 Å². The summed E-state index contributed by atoms with van der Waals surface area (Å²) in [6, 6.07) is 7.74. The maximum absolute atomic E-state index is 12.6. The topological polar surface area (TPSA) is 75.2 Å². The maximum atomic E-state index is 12.6. The molecule has 2 heterocycles. The van der Waals surface area contributed by atoms with Crippen molar-refractivity contribution in [2.24, 2.45) is 5.92 Å². The molecule has 35 heavy (non-hydrogen) atoms. The van der Waals surface area contributed by atoms with E-state index in [1.165, 1.54) is 0 Å². The normalized spacial score (nSPS) is 14.9. The van der Waals surface area contributed by atoms with Gasteiger partial charge in [-0.05, 0) is 63.9 Å². The Balaban J connectivity index is 1.52. The van der Waals surface area contributed by atoms with E-state index in [-0.39, 0.29) is 18.0 Å². The molecule has 1 aliphatic heterocycles. The number of nitrogens with zero attached hydrogens (tertiary/aromatic N) is 4. The van der Waals surface area contributed by atoms with Crippen molar-refractivity contribution in [3.8, 4) is 0 Å². The van der Waals surface area contributed by atoms with Crippen LogP contribution >= 0.6 is 0 Å². The third-order valence-electron chi connectivity index (χ3n) is 5.93. The highest BCUT2D eigenvalue weighted by molar-refractivity contribution is 6.04. The minimum absolute atomic E-state index is 0.227. The average molecular weight is 485 g/mol. The van der Waals surface area contributed by atoms with Crippen LogP contribution in [-0.2, 0) is 9.47 Å². The predicted octanol–water partition coefficient (Wildman–Crippen LogP) is 4.43. The van der Waals surface area contributed by atoms with Crippen molar-refractivity contribution in [2.45, 2.75) is 46.6 Å². The average Bonchev–Trinajstić information content (AvgIpc) is 2.81. The molecule has 0 aliphatic carbocycles. The number of amides is 1. The zero-order valence-electron chi connectivity index (χ0n) is 22.0. The molecule has 192 valence electrons. The van der Waals surface area contributed by atoms with Crippen molar-refractivity contribution >= 4 is 28.7 Å². The van der Waals surface area contributed by atoms with Crippen molar-refractivity contribution in [2.75, 3.05) is 57.8 Å². The molecule has 1 saturated heterocycles. The number of anilines is 1. The van der Waals surface area contributed by atoms with Crippen LogP contribution in [0.2, 0.25) is 0 Å². The van der Waals surface area contributed by atoms with Crippen LogP contribution in [0.5, 0.6) is 0 Å². The first-order chi connectivity index (χ1) is 16.5. The molecule has 0 radical (unpaired) electrons. The van der Waals surface area contributed by atoms with Gasteiger partial charge in [0.05, 0.1) is 17.7 Å². The second-order valence-electron chi connectivity index (χ2n) is 10.6. The number of ether oxygens (including phenoxy) is 2. The Labute approximate surface area is 209 Å². The highest BCUT2D eigenvalue weighted by Crippen LogP contribution is 2.24. The number of aromatic nitrogens is 1. The standard InChI is InChI=1S/C27H40N4O4/c1-20(2)19-34-25(32)22-10-11-28-24-9-8-21(18-23(22)24)29(6)12-7-13-30-14-16-31(17-15-30)26(33)35-27(3,4)5/h8-11,18,20H,7,12-17,19H2,1-6H3. The molecule has 0 saturated carbocycles. The molecule has 8 heteroatoms. The number of rotatable bonds is 8. The first-order valence-electron chi connectivity index (χ1n) is 12.5. The van der Waals surface area contributed by atoms with E-state index in [9.17, 15) is 9.59 Å². The van der Waals surface area contributed by atoms with Crippen LogP contribution in [0.25, 0.3) is 10.9 Å². The largest absolute Gasteiger partial charge is 0.462 e. The monoisotopic (exact) mass is 484 g/mol. The fourth-order valence-electron chi connectivity index (χ4n) is 4.01. The number of piperazine rings is 1. The van der Waals surface area contributed by atoms with Gasteiger partial charge in [0, 0.05) is 57.0 Å². The summed E-state index contributed by atoms with van der Waals surface area (Å²) < 4.78 is 10.9. The summed E-state index contributed by atoms with van der Waals surface area (Å²) in [6.07, 6.45) is 2.42. The summed E-state index contributed by atoms with van der Waals surface area (Å²) in [5.74, 6) is -0.0227. The van der Waals surface area contributed by atoms with E-state index in [2.05, 4.69) is 21.8 Å². The molecular weight excluding hydrogens is 444 g/mol. The van der Waals surface area contributed by atoms with Crippen LogP contribution in [0, 0.1) is 5.92 Å². The highest BCUT2D eigenvalue weighted by atomic mass is 16.6. The van der Waals surface area contributed by atoms with Gasteiger partial charge in [0.2, 0.25) is 0 Å². The lowest BCUT2D eigenvalue weighted by molar-refractivity contribution is 0.0145. The van der Waals surface area contributed by atoms with Gasteiger partial charge in [0.25, 0.3) is 0 Å². The fraction of sp³-hybridized carbons (Fsp3) is 0.593. The molecule has 0 N–H and O–H groups in total. The molecule has 1 aromatic carbocycles. The maximum Gasteiger partial charge on any atom is 0.410 e. The summed E-state index contributed by atoms with van der Waals surface area (Å²) >= 11 is 0. The smallest absolute Gasteiger partial charge is 0.410 e. The van der Waals surface area contributed by atoms with Crippen molar-refractivity contribution in [1.82, 2.24) is 14.8 Å². The van der Waals surface area contributed by atoms with E-state index in [1.807, 2.05) is 52.8 Å². The zero-order valence-corrected chi connectivity index (χ0v) is 22.0.